The van der Waals surface area contributed by atoms with E-state index in [1.54, 1.807) is 0 Å². The standard InChI is InChI=1S/C23H33O2P3/c1-4-23(14-27,15-28)9-10-25-22(24)21-11-17(3)20(12-19(21)13-26)18-7-5-16(2)6-8-18/h5-8,11-12H,4,9-10,13-15,26-28H2,1-3H3. The summed E-state index contributed by atoms with van der Waals surface area (Å²) in [7, 11) is 8.41. The molecular formula is C23H33O2P3. The lowest BCUT2D eigenvalue weighted by Gasteiger charge is -2.29. The Morgan fingerprint density at radius 2 is 1.68 bits per heavy atom. The fraction of sp³-hybridized carbons (Fsp3) is 0.435. The highest BCUT2D eigenvalue weighted by Crippen LogP contribution is 2.32. The minimum atomic E-state index is -0.214. The predicted octanol–water partition coefficient (Wildman–Crippen LogP) is 6.04. The SMILES string of the molecule is CCC(CP)(CP)CCOC(=O)c1cc(C)c(-c2ccc(C)cc2)cc1CP. The zero-order valence-corrected chi connectivity index (χ0v) is 20.7. The summed E-state index contributed by atoms with van der Waals surface area (Å²) in [6, 6.07) is 12.6. The maximum absolute atomic E-state index is 12.8. The van der Waals surface area contributed by atoms with Gasteiger partial charge in [0.15, 0.2) is 0 Å². The van der Waals surface area contributed by atoms with E-state index in [1.807, 2.05) is 6.07 Å². The molecule has 3 atom stereocenters. The van der Waals surface area contributed by atoms with Gasteiger partial charge in [0.25, 0.3) is 0 Å². The number of aryl methyl sites for hydroxylation is 2. The van der Waals surface area contributed by atoms with Crippen LogP contribution in [0.1, 0.15) is 46.8 Å². The molecule has 0 aliphatic carbocycles. The van der Waals surface area contributed by atoms with Gasteiger partial charge >= 0.3 is 5.97 Å². The minimum Gasteiger partial charge on any atom is -0.462 e. The second-order valence-electron chi connectivity index (χ2n) is 7.54. The highest BCUT2D eigenvalue weighted by atomic mass is 31.0. The largest absolute Gasteiger partial charge is 0.462 e. The molecule has 0 amide bonds. The van der Waals surface area contributed by atoms with Gasteiger partial charge in [-0.15, -0.1) is 27.7 Å². The van der Waals surface area contributed by atoms with E-state index in [0.717, 1.165) is 42.5 Å². The van der Waals surface area contributed by atoms with Gasteiger partial charge in [-0.2, -0.15) is 0 Å². The van der Waals surface area contributed by atoms with Gasteiger partial charge in [-0.3, -0.25) is 0 Å². The molecule has 0 aliphatic rings. The second kappa shape index (κ2) is 10.8. The van der Waals surface area contributed by atoms with Crippen molar-refractivity contribution in [3.8, 4) is 11.1 Å². The third-order valence-corrected chi connectivity index (χ3v) is 7.91. The van der Waals surface area contributed by atoms with Crippen LogP contribution in [0.2, 0.25) is 0 Å². The van der Waals surface area contributed by atoms with Gasteiger partial charge in [-0.05, 0) is 85.0 Å². The van der Waals surface area contributed by atoms with Gasteiger partial charge in [-0.1, -0.05) is 36.8 Å². The maximum Gasteiger partial charge on any atom is 0.338 e. The van der Waals surface area contributed by atoms with Crippen LogP contribution in [0.4, 0.5) is 0 Å². The average molecular weight is 434 g/mol. The van der Waals surface area contributed by atoms with Gasteiger partial charge in [0.2, 0.25) is 0 Å². The molecule has 0 aliphatic heterocycles. The lowest BCUT2D eigenvalue weighted by Crippen LogP contribution is -2.26. The molecule has 3 unspecified atom stereocenters. The molecule has 0 saturated heterocycles. The quantitative estimate of drug-likeness (QED) is 0.355. The van der Waals surface area contributed by atoms with Crippen molar-refractivity contribution < 1.29 is 9.53 Å². The summed E-state index contributed by atoms with van der Waals surface area (Å²) in [6.07, 6.45) is 4.73. The highest BCUT2D eigenvalue weighted by molar-refractivity contribution is 7.18. The molecule has 2 rings (SSSR count). The van der Waals surface area contributed by atoms with Gasteiger partial charge in [0, 0.05) is 0 Å². The first kappa shape index (κ1) is 23.5. The molecule has 0 radical (unpaired) electrons. The van der Waals surface area contributed by atoms with E-state index in [2.05, 4.69) is 78.8 Å². The van der Waals surface area contributed by atoms with Gasteiger partial charge in [0.1, 0.15) is 0 Å². The van der Waals surface area contributed by atoms with E-state index >= 15 is 0 Å². The van der Waals surface area contributed by atoms with Crippen LogP contribution in [0.25, 0.3) is 11.1 Å². The van der Waals surface area contributed by atoms with Gasteiger partial charge < -0.3 is 4.74 Å². The van der Waals surface area contributed by atoms with E-state index < -0.39 is 0 Å². The Bertz CT molecular complexity index is 788. The highest BCUT2D eigenvalue weighted by Gasteiger charge is 2.25. The average Bonchev–Trinajstić information content (AvgIpc) is 2.72. The lowest BCUT2D eigenvalue weighted by atomic mass is 9.86. The molecule has 0 N–H and O–H groups in total. The Morgan fingerprint density at radius 3 is 2.21 bits per heavy atom. The Morgan fingerprint density at radius 1 is 1.04 bits per heavy atom. The number of ether oxygens (including phenoxy) is 1. The summed E-state index contributed by atoms with van der Waals surface area (Å²) in [5.74, 6) is -0.214. The normalized spacial score (nSPS) is 11.5. The molecule has 152 valence electrons. The van der Waals surface area contributed by atoms with Crippen LogP contribution in [0.5, 0.6) is 0 Å². The number of rotatable bonds is 9. The molecule has 0 aromatic heterocycles. The van der Waals surface area contributed by atoms with Crippen molar-refractivity contribution >= 4 is 33.7 Å². The Labute approximate surface area is 177 Å². The van der Waals surface area contributed by atoms with Crippen molar-refractivity contribution in [1.29, 1.82) is 0 Å². The molecule has 0 spiro atoms. The number of esters is 1. The number of benzene rings is 2. The molecule has 2 aromatic carbocycles. The molecule has 0 fully saturated rings. The van der Waals surface area contributed by atoms with Crippen molar-refractivity contribution in [2.45, 2.75) is 39.8 Å². The van der Waals surface area contributed by atoms with Crippen molar-refractivity contribution in [3.63, 3.8) is 0 Å². The summed E-state index contributed by atoms with van der Waals surface area (Å²) in [5, 5.41) is 0. The maximum atomic E-state index is 12.8. The van der Waals surface area contributed by atoms with Crippen LogP contribution in [-0.2, 0) is 10.9 Å². The summed E-state index contributed by atoms with van der Waals surface area (Å²) >= 11 is 0. The topological polar surface area (TPSA) is 26.3 Å². The van der Waals surface area contributed by atoms with Crippen LogP contribution < -0.4 is 0 Å². The summed E-state index contributed by atoms with van der Waals surface area (Å²) < 4.78 is 5.68. The fourth-order valence-electron chi connectivity index (χ4n) is 3.35. The first-order chi connectivity index (χ1) is 13.4. The lowest BCUT2D eigenvalue weighted by molar-refractivity contribution is 0.0458. The smallest absolute Gasteiger partial charge is 0.338 e. The third-order valence-electron chi connectivity index (χ3n) is 5.73. The Hall–Kier alpha value is -0.800. The molecule has 0 saturated carbocycles. The van der Waals surface area contributed by atoms with Crippen LogP contribution >= 0.6 is 27.7 Å². The minimum absolute atomic E-state index is 0.213. The zero-order chi connectivity index (χ0) is 20.7. The van der Waals surface area contributed by atoms with Crippen molar-refractivity contribution in [2.24, 2.45) is 5.41 Å². The number of carbonyl (C=O) groups excluding carboxylic acids is 1. The van der Waals surface area contributed by atoms with Crippen LogP contribution in [0.15, 0.2) is 36.4 Å². The molecule has 2 aromatic rings. The number of carbonyl (C=O) groups is 1. The molecule has 0 heterocycles. The zero-order valence-electron chi connectivity index (χ0n) is 17.3. The first-order valence-electron chi connectivity index (χ1n) is 9.87. The van der Waals surface area contributed by atoms with E-state index in [0.29, 0.717) is 12.2 Å². The Balaban J connectivity index is 2.20. The molecule has 0 bridgehead atoms. The summed E-state index contributed by atoms with van der Waals surface area (Å²) in [4.78, 5) is 12.8. The predicted molar refractivity (Wildman–Crippen MR) is 132 cm³/mol. The molecule has 28 heavy (non-hydrogen) atoms. The van der Waals surface area contributed by atoms with Crippen molar-refractivity contribution in [2.75, 3.05) is 18.9 Å². The van der Waals surface area contributed by atoms with Gasteiger partial charge in [-0.25, -0.2) is 4.79 Å². The van der Waals surface area contributed by atoms with Crippen LogP contribution in [-0.4, -0.2) is 24.9 Å². The first-order valence-corrected chi connectivity index (χ1v) is 12.3. The van der Waals surface area contributed by atoms with E-state index in [4.69, 9.17) is 4.74 Å². The van der Waals surface area contributed by atoms with E-state index in [1.165, 1.54) is 16.7 Å². The monoisotopic (exact) mass is 434 g/mol. The molecule has 2 nitrogen and oxygen atoms in total. The van der Waals surface area contributed by atoms with E-state index in [9.17, 15) is 4.79 Å². The summed E-state index contributed by atoms with van der Waals surface area (Å²) in [6.45, 7) is 6.81. The molecular weight excluding hydrogens is 401 g/mol. The van der Waals surface area contributed by atoms with Crippen molar-refractivity contribution in [3.05, 3.63) is 58.7 Å². The fourth-order valence-corrected chi connectivity index (χ4v) is 5.34. The second-order valence-corrected chi connectivity index (χ2v) is 8.77. The Kier molecular flexibility index (Phi) is 9.08. The van der Waals surface area contributed by atoms with E-state index in [-0.39, 0.29) is 11.4 Å². The third kappa shape index (κ3) is 5.63. The summed E-state index contributed by atoms with van der Waals surface area (Å²) in [5.41, 5.74) is 6.59. The van der Waals surface area contributed by atoms with Crippen molar-refractivity contribution in [1.82, 2.24) is 0 Å². The number of hydrogen-bond donors (Lipinski definition) is 0. The van der Waals surface area contributed by atoms with Crippen LogP contribution in [0, 0.1) is 19.3 Å². The van der Waals surface area contributed by atoms with Gasteiger partial charge in [0.05, 0.1) is 12.2 Å². The van der Waals surface area contributed by atoms with Crippen LogP contribution in [0.3, 0.4) is 0 Å². The number of hydrogen-bond acceptors (Lipinski definition) is 2. The molecule has 5 heteroatoms.